The van der Waals surface area contributed by atoms with Gasteiger partial charge in [-0.05, 0) is 48.2 Å². The second-order valence-corrected chi connectivity index (χ2v) is 4.95. The number of carbonyl (C=O) groups is 1. The summed E-state index contributed by atoms with van der Waals surface area (Å²) in [4.78, 5) is 11.4. The standard InChI is InChI=1S/C16H13BClFO2/c1-21-15-8-6-11(17)9-10(15)5-7-12-13(16(18)20)3-2-4-14(12)19/h2-4,6,8-9H,5,7H2,1H3. The van der Waals surface area contributed by atoms with Gasteiger partial charge in [-0.2, -0.15) is 0 Å². The van der Waals surface area contributed by atoms with Crippen molar-refractivity contribution < 1.29 is 13.9 Å². The average Bonchev–Trinajstić information content (AvgIpc) is 2.45. The van der Waals surface area contributed by atoms with Crippen LogP contribution in [0.2, 0.25) is 0 Å². The van der Waals surface area contributed by atoms with Crippen molar-refractivity contribution in [2.75, 3.05) is 7.11 Å². The second-order valence-electron chi connectivity index (χ2n) is 4.61. The lowest BCUT2D eigenvalue weighted by Gasteiger charge is -2.11. The quantitative estimate of drug-likeness (QED) is 0.627. The summed E-state index contributed by atoms with van der Waals surface area (Å²) in [5.74, 6) is 0.239. The van der Waals surface area contributed by atoms with E-state index in [1.807, 2.05) is 0 Å². The van der Waals surface area contributed by atoms with Gasteiger partial charge < -0.3 is 4.74 Å². The summed E-state index contributed by atoms with van der Waals surface area (Å²) in [5.41, 5.74) is 1.96. The van der Waals surface area contributed by atoms with E-state index in [0.717, 1.165) is 5.56 Å². The molecule has 0 unspecified atom stereocenters. The zero-order valence-electron chi connectivity index (χ0n) is 11.5. The van der Waals surface area contributed by atoms with Crippen LogP contribution in [0.1, 0.15) is 21.5 Å². The average molecular weight is 303 g/mol. The summed E-state index contributed by atoms with van der Waals surface area (Å²) >= 11 is 5.50. The SMILES string of the molecule is [B]c1ccc(OC)c(CCc2c(F)cccc2C(=O)Cl)c1. The van der Waals surface area contributed by atoms with E-state index in [0.29, 0.717) is 29.6 Å². The first-order chi connectivity index (χ1) is 10.0. The van der Waals surface area contributed by atoms with Crippen LogP contribution in [0.15, 0.2) is 36.4 Å². The molecular formula is C16H13BClFO2. The molecule has 0 heterocycles. The molecule has 2 nitrogen and oxygen atoms in total. The van der Waals surface area contributed by atoms with Crippen molar-refractivity contribution in [1.82, 2.24) is 0 Å². The number of halogens is 2. The first-order valence-electron chi connectivity index (χ1n) is 6.42. The number of methoxy groups -OCH3 is 1. The molecule has 2 radical (unpaired) electrons. The van der Waals surface area contributed by atoms with E-state index >= 15 is 0 Å². The minimum atomic E-state index is -0.663. The molecule has 0 aromatic heterocycles. The van der Waals surface area contributed by atoms with Crippen LogP contribution in [0.25, 0.3) is 0 Å². The van der Waals surface area contributed by atoms with Gasteiger partial charge in [0.05, 0.1) is 7.11 Å². The third-order valence-corrected chi connectivity index (χ3v) is 3.48. The maximum Gasteiger partial charge on any atom is 0.252 e. The van der Waals surface area contributed by atoms with Crippen molar-refractivity contribution in [2.45, 2.75) is 12.8 Å². The van der Waals surface area contributed by atoms with Gasteiger partial charge >= 0.3 is 0 Å². The first kappa shape index (κ1) is 15.6. The van der Waals surface area contributed by atoms with Gasteiger partial charge in [0, 0.05) is 11.1 Å². The Labute approximate surface area is 129 Å². The van der Waals surface area contributed by atoms with Crippen LogP contribution >= 0.6 is 11.6 Å². The van der Waals surface area contributed by atoms with Gasteiger partial charge in [0.25, 0.3) is 5.24 Å². The molecule has 0 fully saturated rings. The van der Waals surface area contributed by atoms with Crippen molar-refractivity contribution in [2.24, 2.45) is 0 Å². The number of aryl methyl sites for hydroxylation is 1. The zero-order valence-corrected chi connectivity index (χ0v) is 12.3. The fourth-order valence-corrected chi connectivity index (χ4v) is 2.43. The number of ether oxygens (including phenoxy) is 1. The Morgan fingerprint density at radius 1 is 1.29 bits per heavy atom. The van der Waals surface area contributed by atoms with Gasteiger partial charge in [0.15, 0.2) is 0 Å². The van der Waals surface area contributed by atoms with Crippen LogP contribution in [0.5, 0.6) is 5.75 Å². The van der Waals surface area contributed by atoms with Crippen LogP contribution < -0.4 is 10.2 Å². The lowest BCUT2D eigenvalue weighted by Crippen LogP contribution is -2.07. The van der Waals surface area contributed by atoms with Crippen LogP contribution in [-0.2, 0) is 12.8 Å². The molecule has 0 saturated heterocycles. The summed E-state index contributed by atoms with van der Waals surface area (Å²) < 4.78 is 19.2. The molecule has 2 aromatic rings. The van der Waals surface area contributed by atoms with Crippen molar-refractivity contribution in [3.05, 3.63) is 58.9 Å². The van der Waals surface area contributed by atoms with Gasteiger partial charge in [0.1, 0.15) is 19.4 Å². The molecule has 0 aliphatic rings. The van der Waals surface area contributed by atoms with E-state index in [2.05, 4.69) is 0 Å². The Balaban J connectivity index is 2.28. The number of rotatable bonds is 5. The molecule has 5 heteroatoms. The molecule has 106 valence electrons. The highest BCUT2D eigenvalue weighted by atomic mass is 35.5. The van der Waals surface area contributed by atoms with Gasteiger partial charge in [-0.25, -0.2) is 4.39 Å². The maximum absolute atomic E-state index is 13.9. The normalized spacial score (nSPS) is 10.4. The number of benzene rings is 2. The summed E-state index contributed by atoms with van der Waals surface area (Å²) in [7, 11) is 7.32. The van der Waals surface area contributed by atoms with E-state index < -0.39 is 11.1 Å². The Hall–Kier alpha value is -1.81. The predicted molar refractivity (Wildman–Crippen MR) is 82.4 cm³/mol. The molecule has 0 spiro atoms. The first-order valence-corrected chi connectivity index (χ1v) is 6.80. The smallest absolute Gasteiger partial charge is 0.252 e. The minimum absolute atomic E-state index is 0.194. The van der Waals surface area contributed by atoms with Crippen molar-refractivity contribution in [3.8, 4) is 5.75 Å². The maximum atomic E-state index is 13.9. The molecule has 0 aliphatic carbocycles. The highest BCUT2D eigenvalue weighted by Gasteiger charge is 2.14. The van der Waals surface area contributed by atoms with Crippen molar-refractivity contribution in [1.29, 1.82) is 0 Å². The van der Waals surface area contributed by atoms with Gasteiger partial charge in [-0.15, -0.1) is 0 Å². The number of carbonyl (C=O) groups excluding carboxylic acids is 1. The summed E-state index contributed by atoms with van der Waals surface area (Å²) in [6.45, 7) is 0. The van der Waals surface area contributed by atoms with E-state index in [-0.39, 0.29) is 5.56 Å². The zero-order chi connectivity index (χ0) is 15.4. The third-order valence-electron chi connectivity index (χ3n) is 3.28. The summed E-state index contributed by atoms with van der Waals surface area (Å²) in [5, 5.41) is -0.663. The molecule has 0 atom stereocenters. The van der Waals surface area contributed by atoms with E-state index in [4.69, 9.17) is 24.2 Å². The molecule has 0 aliphatic heterocycles. The Morgan fingerprint density at radius 3 is 2.71 bits per heavy atom. The van der Waals surface area contributed by atoms with E-state index in [1.54, 1.807) is 25.3 Å². The molecule has 0 N–H and O–H groups in total. The molecule has 0 amide bonds. The molecule has 0 saturated carbocycles. The second kappa shape index (κ2) is 6.77. The van der Waals surface area contributed by atoms with Crippen molar-refractivity contribution >= 4 is 30.2 Å². The molecule has 0 bridgehead atoms. The molecule has 2 rings (SSSR count). The molecule has 2 aromatic carbocycles. The van der Waals surface area contributed by atoms with Gasteiger partial charge in [-0.1, -0.05) is 23.7 Å². The summed E-state index contributed by atoms with van der Waals surface area (Å²) in [6.07, 6.45) is 0.826. The summed E-state index contributed by atoms with van der Waals surface area (Å²) in [6, 6.07) is 9.58. The van der Waals surface area contributed by atoms with Crippen LogP contribution in [0.4, 0.5) is 4.39 Å². The van der Waals surface area contributed by atoms with E-state index in [1.165, 1.54) is 18.2 Å². The van der Waals surface area contributed by atoms with Crippen LogP contribution in [0.3, 0.4) is 0 Å². The Bertz CT molecular complexity index is 673. The Morgan fingerprint density at radius 2 is 2.05 bits per heavy atom. The Kier molecular flexibility index (Phi) is 5.02. The molecular weight excluding hydrogens is 289 g/mol. The lowest BCUT2D eigenvalue weighted by atomic mass is 9.91. The number of hydrogen-bond donors (Lipinski definition) is 0. The fraction of sp³-hybridized carbons (Fsp3) is 0.188. The highest BCUT2D eigenvalue weighted by molar-refractivity contribution is 6.67. The van der Waals surface area contributed by atoms with Gasteiger partial charge in [0.2, 0.25) is 0 Å². The van der Waals surface area contributed by atoms with Gasteiger partial charge in [-0.3, -0.25) is 4.79 Å². The van der Waals surface area contributed by atoms with E-state index in [9.17, 15) is 9.18 Å². The highest BCUT2D eigenvalue weighted by Crippen LogP contribution is 2.22. The number of hydrogen-bond acceptors (Lipinski definition) is 2. The predicted octanol–water partition coefficient (Wildman–Crippen LogP) is 2.79. The monoisotopic (exact) mass is 302 g/mol. The van der Waals surface area contributed by atoms with Crippen LogP contribution in [-0.4, -0.2) is 20.2 Å². The minimum Gasteiger partial charge on any atom is -0.496 e. The van der Waals surface area contributed by atoms with Crippen molar-refractivity contribution in [3.63, 3.8) is 0 Å². The van der Waals surface area contributed by atoms with Crippen LogP contribution in [0, 0.1) is 5.82 Å². The molecule has 21 heavy (non-hydrogen) atoms. The topological polar surface area (TPSA) is 26.3 Å². The third kappa shape index (κ3) is 3.64. The lowest BCUT2D eigenvalue weighted by molar-refractivity contribution is 0.108. The largest absolute Gasteiger partial charge is 0.496 e. The fourth-order valence-electron chi connectivity index (χ4n) is 2.25.